The molecule has 0 bridgehead atoms. The number of methoxy groups -OCH3 is 1. The molecule has 2 aromatic rings. The molecule has 10 heteroatoms. The van der Waals surface area contributed by atoms with Crippen molar-refractivity contribution in [2.24, 2.45) is 0 Å². The number of hydrogen-bond donors (Lipinski definition) is 4. The first-order chi connectivity index (χ1) is 16.7. The minimum atomic E-state index is -4.91. The molecule has 1 fully saturated rings. The third-order valence-corrected chi connectivity index (χ3v) is 6.64. The number of carbonyl (C=O) groups is 1. The molecule has 2 aromatic carbocycles. The smallest absolute Gasteiger partial charge is 0.418 e. The number of benzene rings is 2. The van der Waals surface area contributed by atoms with Gasteiger partial charge in [-0.05, 0) is 42.5 Å². The van der Waals surface area contributed by atoms with Gasteiger partial charge >= 0.3 is 12.2 Å². The SMILES string of the molecule is COc1c(NC(=O)N[C@@H]2Cc3ccccc3[C@H]2O)cc(N2CCCCCC2)cc1C(O)C(F)(F)F. The number of nitrogens with zero attached hydrogens (tertiary/aromatic N) is 1. The lowest BCUT2D eigenvalue weighted by molar-refractivity contribution is -0.207. The number of amides is 2. The number of fused-ring (bicyclic) bond motifs is 1. The molecule has 1 aliphatic heterocycles. The molecule has 0 saturated carbocycles. The van der Waals surface area contributed by atoms with Gasteiger partial charge < -0.3 is 30.5 Å². The van der Waals surface area contributed by atoms with E-state index in [2.05, 4.69) is 10.6 Å². The van der Waals surface area contributed by atoms with Crippen LogP contribution >= 0.6 is 0 Å². The van der Waals surface area contributed by atoms with Crippen LogP contribution in [0.4, 0.5) is 29.3 Å². The second-order valence-electron chi connectivity index (χ2n) is 9.01. The lowest BCUT2D eigenvalue weighted by Crippen LogP contribution is -2.40. The van der Waals surface area contributed by atoms with E-state index in [1.54, 1.807) is 18.2 Å². The number of hydrogen-bond acceptors (Lipinski definition) is 5. The molecule has 190 valence electrons. The Morgan fingerprint density at radius 3 is 2.46 bits per heavy atom. The van der Waals surface area contributed by atoms with Gasteiger partial charge in [0.15, 0.2) is 6.10 Å². The number of alkyl halides is 3. The normalized spacial score (nSPS) is 21.1. The van der Waals surface area contributed by atoms with Gasteiger partial charge in [0.05, 0.1) is 24.9 Å². The Hall–Kier alpha value is -2.98. The second kappa shape index (κ2) is 10.3. The van der Waals surface area contributed by atoms with Crippen molar-refractivity contribution >= 4 is 17.4 Å². The quantitative estimate of drug-likeness (QED) is 0.494. The van der Waals surface area contributed by atoms with E-state index in [-0.39, 0.29) is 11.4 Å². The summed E-state index contributed by atoms with van der Waals surface area (Å²) in [6.07, 6.45) is -4.31. The van der Waals surface area contributed by atoms with Crippen LogP contribution in [0.25, 0.3) is 0 Å². The number of ether oxygens (including phenoxy) is 1. The number of anilines is 2. The predicted octanol–water partition coefficient (Wildman–Crippen LogP) is 4.45. The van der Waals surface area contributed by atoms with Crippen LogP contribution in [0.3, 0.4) is 0 Å². The summed E-state index contributed by atoms with van der Waals surface area (Å²) in [7, 11) is 1.19. The fourth-order valence-corrected chi connectivity index (χ4v) is 4.88. The van der Waals surface area contributed by atoms with Crippen molar-refractivity contribution in [3.63, 3.8) is 0 Å². The lowest BCUT2D eigenvalue weighted by Gasteiger charge is -2.27. The summed E-state index contributed by atoms with van der Waals surface area (Å²) < 4.78 is 45.7. The monoisotopic (exact) mass is 493 g/mol. The zero-order valence-electron chi connectivity index (χ0n) is 19.4. The fraction of sp³-hybridized carbons (Fsp3) is 0.480. The van der Waals surface area contributed by atoms with E-state index in [1.165, 1.54) is 13.2 Å². The maximum atomic E-state index is 13.5. The van der Waals surface area contributed by atoms with Crippen LogP contribution in [-0.2, 0) is 6.42 Å². The van der Waals surface area contributed by atoms with Gasteiger partial charge in [-0.25, -0.2) is 4.79 Å². The minimum Gasteiger partial charge on any atom is -0.494 e. The second-order valence-corrected chi connectivity index (χ2v) is 9.01. The Morgan fingerprint density at radius 2 is 1.83 bits per heavy atom. The van der Waals surface area contributed by atoms with Gasteiger partial charge in [-0.2, -0.15) is 13.2 Å². The zero-order valence-corrected chi connectivity index (χ0v) is 19.4. The van der Waals surface area contributed by atoms with Crippen LogP contribution in [0.15, 0.2) is 36.4 Å². The van der Waals surface area contributed by atoms with E-state index in [0.29, 0.717) is 25.2 Å². The van der Waals surface area contributed by atoms with Crippen molar-refractivity contribution in [3.05, 3.63) is 53.1 Å². The molecule has 35 heavy (non-hydrogen) atoms. The first-order valence-electron chi connectivity index (χ1n) is 11.7. The van der Waals surface area contributed by atoms with Crippen molar-refractivity contribution < 1.29 is 32.9 Å². The predicted molar refractivity (Wildman–Crippen MR) is 126 cm³/mol. The summed E-state index contributed by atoms with van der Waals surface area (Å²) in [5, 5.41) is 26.0. The van der Waals surface area contributed by atoms with Crippen molar-refractivity contribution in [1.29, 1.82) is 0 Å². The summed E-state index contributed by atoms with van der Waals surface area (Å²) in [6.45, 7) is 1.32. The average Bonchev–Trinajstić information content (AvgIpc) is 2.98. The van der Waals surface area contributed by atoms with Crippen LogP contribution in [0.2, 0.25) is 0 Å². The van der Waals surface area contributed by atoms with E-state index in [4.69, 9.17) is 4.74 Å². The summed E-state index contributed by atoms with van der Waals surface area (Å²) in [5.41, 5.74) is 1.66. The van der Waals surface area contributed by atoms with E-state index in [1.807, 2.05) is 17.0 Å². The van der Waals surface area contributed by atoms with Crippen molar-refractivity contribution in [3.8, 4) is 5.75 Å². The van der Waals surface area contributed by atoms with Crippen molar-refractivity contribution in [2.45, 2.75) is 56.5 Å². The van der Waals surface area contributed by atoms with Crippen LogP contribution < -0.4 is 20.3 Å². The number of halogens is 3. The Kier molecular flexibility index (Phi) is 7.42. The van der Waals surface area contributed by atoms with Gasteiger partial charge in [0.2, 0.25) is 0 Å². The van der Waals surface area contributed by atoms with Crippen molar-refractivity contribution in [1.82, 2.24) is 5.32 Å². The van der Waals surface area contributed by atoms with E-state index < -0.39 is 36.0 Å². The molecule has 1 unspecified atom stereocenters. The summed E-state index contributed by atoms with van der Waals surface area (Å²) in [4.78, 5) is 14.8. The first kappa shape index (κ1) is 25.1. The highest BCUT2D eigenvalue weighted by atomic mass is 19.4. The standard InChI is InChI=1S/C25H30F3N3O4/c1-35-22-18(23(33)25(26,27)28)13-16(31-10-6-2-3-7-11-31)14-20(22)30-24(34)29-19-12-15-8-4-5-9-17(15)21(19)32/h4-5,8-9,13-14,19,21,23,32-33H,2-3,6-7,10-12H2,1H3,(H2,29,30,34)/t19-,21-,23?/m1/s1. The molecule has 1 saturated heterocycles. The first-order valence-corrected chi connectivity index (χ1v) is 11.7. The van der Waals surface area contributed by atoms with Gasteiger partial charge in [-0.1, -0.05) is 37.1 Å². The summed E-state index contributed by atoms with van der Waals surface area (Å²) in [6, 6.07) is 8.87. The zero-order chi connectivity index (χ0) is 25.2. The average molecular weight is 494 g/mol. The molecular weight excluding hydrogens is 463 g/mol. The molecule has 4 N–H and O–H groups in total. The molecule has 1 aliphatic carbocycles. The van der Waals surface area contributed by atoms with Gasteiger partial charge in [0, 0.05) is 24.3 Å². The molecule has 2 amide bonds. The lowest BCUT2D eigenvalue weighted by atomic mass is 10.0. The molecule has 4 rings (SSSR count). The molecule has 0 radical (unpaired) electrons. The maximum absolute atomic E-state index is 13.5. The highest BCUT2D eigenvalue weighted by Gasteiger charge is 2.42. The summed E-state index contributed by atoms with van der Waals surface area (Å²) >= 11 is 0. The highest BCUT2D eigenvalue weighted by Crippen LogP contribution is 2.43. The van der Waals surface area contributed by atoms with E-state index in [0.717, 1.165) is 36.8 Å². The molecule has 7 nitrogen and oxygen atoms in total. The van der Waals surface area contributed by atoms with Crippen LogP contribution in [0.5, 0.6) is 5.75 Å². The Bertz CT molecular complexity index is 1050. The number of nitrogens with one attached hydrogen (secondary N) is 2. The maximum Gasteiger partial charge on any atom is 0.418 e. The number of rotatable bonds is 5. The third kappa shape index (κ3) is 5.48. The van der Waals surface area contributed by atoms with Crippen molar-refractivity contribution in [2.75, 3.05) is 30.4 Å². The van der Waals surface area contributed by atoms with Crippen LogP contribution in [0.1, 0.15) is 54.6 Å². The van der Waals surface area contributed by atoms with Crippen LogP contribution in [0, 0.1) is 0 Å². The topological polar surface area (TPSA) is 94.1 Å². The Labute approximate surface area is 201 Å². The number of urea groups is 1. The summed E-state index contributed by atoms with van der Waals surface area (Å²) in [5.74, 6) is -0.265. The van der Waals surface area contributed by atoms with E-state index >= 15 is 0 Å². The highest BCUT2D eigenvalue weighted by molar-refractivity contribution is 5.92. The molecular formula is C25H30F3N3O4. The van der Waals surface area contributed by atoms with Gasteiger partial charge in [-0.15, -0.1) is 0 Å². The van der Waals surface area contributed by atoms with Gasteiger partial charge in [-0.3, -0.25) is 0 Å². The number of aliphatic hydroxyl groups is 2. The third-order valence-electron chi connectivity index (χ3n) is 6.64. The molecule has 2 aliphatic rings. The minimum absolute atomic E-state index is 0.00930. The van der Waals surface area contributed by atoms with Gasteiger partial charge in [0.1, 0.15) is 5.75 Å². The molecule has 1 heterocycles. The van der Waals surface area contributed by atoms with Crippen LogP contribution in [-0.4, -0.2) is 48.7 Å². The largest absolute Gasteiger partial charge is 0.494 e. The van der Waals surface area contributed by atoms with Gasteiger partial charge in [0.25, 0.3) is 0 Å². The van der Waals surface area contributed by atoms with E-state index in [9.17, 15) is 28.2 Å². The molecule has 0 spiro atoms. The Morgan fingerprint density at radius 1 is 1.14 bits per heavy atom. The number of aliphatic hydroxyl groups excluding tert-OH is 2. The molecule has 3 atom stereocenters. The Balaban J connectivity index is 1.62. The fourth-order valence-electron chi connectivity index (χ4n) is 4.88. The number of carbonyl (C=O) groups excluding carboxylic acids is 1. The molecule has 0 aromatic heterocycles.